The second-order valence-corrected chi connectivity index (χ2v) is 12.7. The number of methoxy groups -OCH3 is 1. The second-order valence-electron chi connectivity index (χ2n) is 11.4. The fourth-order valence-electron chi connectivity index (χ4n) is 6.65. The first-order chi connectivity index (χ1) is 18.6. The highest BCUT2D eigenvalue weighted by atomic mass is 32.2. The molecule has 3 nitrogen and oxygen atoms in total. The summed E-state index contributed by atoms with van der Waals surface area (Å²) in [5.41, 5.74) is 4.88. The van der Waals surface area contributed by atoms with Crippen molar-refractivity contribution in [2.75, 3.05) is 40.3 Å². The standard InChI is InChI=1S/C34H44N2OS/c1-35(38-32-17-15-31(37-2)16-18-32)27-34(22-19-30-13-6-7-14-33(30)34)23-26-36-24-20-29(21-25-36)12-8-11-28-9-4-3-5-10-28/h3-7,9-10,13-18,29H,8,11-12,19-27H2,1-2H3. The van der Waals surface area contributed by atoms with Crippen molar-refractivity contribution in [2.45, 2.75) is 61.7 Å². The van der Waals surface area contributed by atoms with Gasteiger partial charge in [0.25, 0.3) is 0 Å². The Morgan fingerprint density at radius 3 is 2.45 bits per heavy atom. The molecular formula is C34H44N2OS. The molecule has 0 amide bonds. The minimum absolute atomic E-state index is 0.233. The number of fused-ring (bicyclic) bond motifs is 1. The summed E-state index contributed by atoms with van der Waals surface area (Å²) < 4.78 is 7.80. The summed E-state index contributed by atoms with van der Waals surface area (Å²) in [7, 11) is 3.99. The third-order valence-electron chi connectivity index (χ3n) is 8.84. The Kier molecular flexibility index (Phi) is 9.48. The summed E-state index contributed by atoms with van der Waals surface area (Å²) >= 11 is 1.85. The van der Waals surface area contributed by atoms with E-state index in [1.165, 1.54) is 81.5 Å². The average molecular weight is 529 g/mol. The molecule has 1 fully saturated rings. The number of likely N-dealkylation sites (N-methyl/N-ethyl adjacent to an activating group) is 1. The van der Waals surface area contributed by atoms with Crippen molar-refractivity contribution in [1.29, 1.82) is 0 Å². The van der Waals surface area contributed by atoms with Crippen LogP contribution in [-0.4, -0.2) is 49.5 Å². The van der Waals surface area contributed by atoms with E-state index in [1.807, 2.05) is 11.9 Å². The maximum atomic E-state index is 5.34. The highest BCUT2D eigenvalue weighted by Crippen LogP contribution is 2.44. The van der Waals surface area contributed by atoms with Crippen LogP contribution in [0.1, 0.15) is 55.2 Å². The average Bonchev–Trinajstić information content (AvgIpc) is 3.32. The number of aryl methyl sites for hydroxylation is 2. The predicted octanol–water partition coefficient (Wildman–Crippen LogP) is 7.64. The van der Waals surface area contributed by atoms with Crippen molar-refractivity contribution in [1.82, 2.24) is 9.21 Å². The van der Waals surface area contributed by atoms with E-state index in [2.05, 4.69) is 95.1 Å². The van der Waals surface area contributed by atoms with Crippen LogP contribution in [0.5, 0.6) is 5.75 Å². The van der Waals surface area contributed by atoms with Gasteiger partial charge in [-0.3, -0.25) is 0 Å². The Morgan fingerprint density at radius 1 is 0.947 bits per heavy atom. The zero-order valence-electron chi connectivity index (χ0n) is 23.3. The lowest BCUT2D eigenvalue weighted by molar-refractivity contribution is 0.158. The van der Waals surface area contributed by atoms with Gasteiger partial charge in [-0.25, -0.2) is 4.31 Å². The summed E-state index contributed by atoms with van der Waals surface area (Å²) in [5.74, 6) is 1.82. The lowest BCUT2D eigenvalue weighted by atomic mass is 9.78. The molecule has 0 bridgehead atoms. The number of ether oxygens (including phenoxy) is 1. The predicted molar refractivity (Wildman–Crippen MR) is 161 cm³/mol. The lowest BCUT2D eigenvalue weighted by Gasteiger charge is -2.38. The molecule has 1 saturated heterocycles. The van der Waals surface area contributed by atoms with Crippen LogP contribution in [0.25, 0.3) is 0 Å². The third kappa shape index (κ3) is 7.02. The zero-order valence-corrected chi connectivity index (χ0v) is 24.1. The van der Waals surface area contributed by atoms with E-state index in [1.54, 1.807) is 18.2 Å². The van der Waals surface area contributed by atoms with Gasteiger partial charge in [-0.05, 0) is 130 Å². The quantitative estimate of drug-likeness (QED) is 0.224. The number of hydrogen-bond donors (Lipinski definition) is 0. The van der Waals surface area contributed by atoms with Gasteiger partial charge in [0.2, 0.25) is 0 Å². The Balaban J connectivity index is 1.14. The van der Waals surface area contributed by atoms with Crippen molar-refractivity contribution in [2.24, 2.45) is 5.92 Å². The van der Waals surface area contributed by atoms with Crippen molar-refractivity contribution in [3.8, 4) is 5.75 Å². The van der Waals surface area contributed by atoms with Gasteiger partial charge >= 0.3 is 0 Å². The zero-order chi connectivity index (χ0) is 26.2. The molecule has 1 unspecified atom stereocenters. The van der Waals surface area contributed by atoms with Gasteiger partial charge in [0.1, 0.15) is 5.75 Å². The van der Waals surface area contributed by atoms with E-state index in [9.17, 15) is 0 Å². The first-order valence-corrected chi connectivity index (χ1v) is 15.3. The van der Waals surface area contributed by atoms with Crippen LogP contribution in [0.15, 0.2) is 83.8 Å². The highest BCUT2D eigenvalue weighted by Gasteiger charge is 2.39. The fourth-order valence-corrected chi connectivity index (χ4v) is 7.58. The minimum Gasteiger partial charge on any atom is -0.497 e. The first-order valence-electron chi connectivity index (χ1n) is 14.5. The van der Waals surface area contributed by atoms with Crippen LogP contribution >= 0.6 is 11.9 Å². The summed E-state index contributed by atoms with van der Waals surface area (Å²) in [6.07, 6.45) is 10.4. The van der Waals surface area contributed by atoms with Gasteiger partial charge < -0.3 is 9.64 Å². The number of likely N-dealkylation sites (tertiary alicyclic amines) is 1. The maximum Gasteiger partial charge on any atom is 0.118 e. The Morgan fingerprint density at radius 2 is 1.68 bits per heavy atom. The van der Waals surface area contributed by atoms with E-state index in [-0.39, 0.29) is 5.41 Å². The number of rotatable bonds is 12. The molecule has 4 heteroatoms. The van der Waals surface area contributed by atoms with E-state index >= 15 is 0 Å². The summed E-state index contributed by atoms with van der Waals surface area (Å²) in [5, 5.41) is 0. The molecule has 0 aromatic heterocycles. The topological polar surface area (TPSA) is 15.7 Å². The van der Waals surface area contributed by atoms with E-state index in [0.717, 1.165) is 18.2 Å². The van der Waals surface area contributed by atoms with Crippen molar-refractivity contribution >= 4 is 11.9 Å². The number of hydrogen-bond acceptors (Lipinski definition) is 4. The Labute approximate surface area is 234 Å². The van der Waals surface area contributed by atoms with Crippen LogP contribution in [0.2, 0.25) is 0 Å². The van der Waals surface area contributed by atoms with Crippen LogP contribution < -0.4 is 4.74 Å². The summed E-state index contributed by atoms with van der Waals surface area (Å²) in [4.78, 5) is 4.02. The molecule has 0 spiro atoms. The van der Waals surface area contributed by atoms with Gasteiger partial charge in [0.15, 0.2) is 0 Å². The summed E-state index contributed by atoms with van der Waals surface area (Å²) in [6, 6.07) is 28.7. The van der Waals surface area contributed by atoms with E-state index in [0.29, 0.717) is 0 Å². The molecule has 0 radical (unpaired) electrons. The van der Waals surface area contributed by atoms with Gasteiger partial charge in [-0.15, -0.1) is 0 Å². The lowest BCUT2D eigenvalue weighted by Crippen LogP contribution is -2.41. The van der Waals surface area contributed by atoms with E-state index in [4.69, 9.17) is 4.74 Å². The van der Waals surface area contributed by atoms with Crippen molar-refractivity contribution in [3.63, 3.8) is 0 Å². The highest BCUT2D eigenvalue weighted by molar-refractivity contribution is 7.97. The molecule has 1 heterocycles. The molecule has 5 rings (SSSR count). The molecule has 0 N–H and O–H groups in total. The second kappa shape index (κ2) is 13.2. The smallest absolute Gasteiger partial charge is 0.118 e. The largest absolute Gasteiger partial charge is 0.497 e. The van der Waals surface area contributed by atoms with Gasteiger partial charge in [-0.1, -0.05) is 61.0 Å². The molecule has 1 atom stereocenters. The molecule has 1 aliphatic heterocycles. The third-order valence-corrected chi connectivity index (χ3v) is 9.77. The SMILES string of the molecule is COc1ccc(SN(C)CC2(CCN3CCC(CCCc4ccccc4)CC3)CCc3ccccc32)cc1. The molecule has 3 aromatic rings. The fraction of sp³-hybridized carbons (Fsp3) is 0.471. The maximum absolute atomic E-state index is 5.34. The summed E-state index contributed by atoms with van der Waals surface area (Å²) in [6.45, 7) is 4.83. The normalized spacial score (nSPS) is 20.1. The molecule has 2 aliphatic rings. The van der Waals surface area contributed by atoms with Crippen LogP contribution in [0, 0.1) is 5.92 Å². The minimum atomic E-state index is 0.233. The van der Waals surface area contributed by atoms with Crippen LogP contribution in [0.4, 0.5) is 0 Å². The van der Waals surface area contributed by atoms with Gasteiger partial charge in [0, 0.05) is 16.9 Å². The van der Waals surface area contributed by atoms with Crippen molar-refractivity contribution in [3.05, 3.63) is 95.6 Å². The number of piperidine rings is 1. The first kappa shape index (κ1) is 27.3. The van der Waals surface area contributed by atoms with Gasteiger partial charge in [-0.2, -0.15) is 0 Å². The Hall–Kier alpha value is -2.27. The number of nitrogens with zero attached hydrogens (tertiary/aromatic N) is 2. The van der Waals surface area contributed by atoms with Gasteiger partial charge in [0.05, 0.1) is 7.11 Å². The molecule has 202 valence electrons. The number of benzene rings is 3. The molecule has 38 heavy (non-hydrogen) atoms. The molecule has 0 saturated carbocycles. The molecule has 3 aromatic carbocycles. The van der Waals surface area contributed by atoms with E-state index < -0.39 is 0 Å². The monoisotopic (exact) mass is 528 g/mol. The molecule has 1 aliphatic carbocycles. The van der Waals surface area contributed by atoms with Crippen molar-refractivity contribution < 1.29 is 4.74 Å². The molecular weight excluding hydrogens is 484 g/mol. The van der Waals surface area contributed by atoms with Crippen LogP contribution in [0.3, 0.4) is 0 Å². The Bertz CT molecular complexity index is 1130. The van der Waals surface area contributed by atoms with Crippen LogP contribution in [-0.2, 0) is 18.3 Å².